The van der Waals surface area contributed by atoms with E-state index >= 15 is 0 Å². The highest BCUT2D eigenvalue weighted by Gasteiger charge is 2.24. The van der Waals surface area contributed by atoms with Crippen molar-refractivity contribution in [2.24, 2.45) is 5.92 Å². The first-order chi connectivity index (χ1) is 9.40. The average Bonchev–Trinajstić information content (AvgIpc) is 2.38. The smallest absolute Gasteiger partial charge is 0.337 e. The van der Waals surface area contributed by atoms with Crippen molar-refractivity contribution in [3.63, 3.8) is 0 Å². The van der Waals surface area contributed by atoms with Gasteiger partial charge in [0.15, 0.2) is 0 Å². The molecule has 1 aromatic carbocycles. The van der Waals surface area contributed by atoms with Crippen molar-refractivity contribution in [1.29, 1.82) is 0 Å². The summed E-state index contributed by atoms with van der Waals surface area (Å²) in [5.74, 6) is -0.881. The van der Waals surface area contributed by atoms with Gasteiger partial charge in [-0.15, -0.1) is 0 Å². The summed E-state index contributed by atoms with van der Waals surface area (Å²) in [4.78, 5) is 13.0. The van der Waals surface area contributed by atoms with Crippen LogP contribution in [0.5, 0.6) is 0 Å². The van der Waals surface area contributed by atoms with E-state index in [1.165, 1.54) is 6.07 Å². The molecule has 1 aliphatic carbocycles. The second-order valence-corrected chi connectivity index (χ2v) is 5.72. The number of hydrogen-bond donors (Lipinski definition) is 2. The molecule has 20 heavy (non-hydrogen) atoms. The zero-order valence-corrected chi connectivity index (χ0v) is 11.9. The molecule has 110 valence electrons. The van der Waals surface area contributed by atoms with Crippen LogP contribution >= 0.6 is 0 Å². The molecule has 0 aromatic heterocycles. The number of aromatic carboxylic acids is 1. The van der Waals surface area contributed by atoms with Crippen LogP contribution in [0.1, 0.15) is 43.0 Å². The minimum atomic E-state index is -1.13. The molecule has 1 saturated carbocycles. The molecule has 0 radical (unpaired) electrons. The Morgan fingerprint density at radius 3 is 2.50 bits per heavy atom. The summed E-state index contributed by atoms with van der Waals surface area (Å²) in [5, 5.41) is 9.09. The SMILES string of the molecule is CC1CCC(N(C)c2cc(C(=O)O)c(N)cc2F)CC1. The van der Waals surface area contributed by atoms with E-state index in [4.69, 9.17) is 10.8 Å². The first-order valence-corrected chi connectivity index (χ1v) is 6.95. The zero-order valence-electron chi connectivity index (χ0n) is 11.9. The van der Waals surface area contributed by atoms with Crippen LogP contribution in [-0.4, -0.2) is 24.2 Å². The van der Waals surface area contributed by atoms with Gasteiger partial charge in [0.2, 0.25) is 0 Å². The lowest BCUT2D eigenvalue weighted by atomic mass is 9.86. The van der Waals surface area contributed by atoms with Crippen LogP contribution < -0.4 is 10.6 Å². The van der Waals surface area contributed by atoms with Crippen molar-refractivity contribution < 1.29 is 14.3 Å². The van der Waals surface area contributed by atoms with Crippen LogP contribution in [0.3, 0.4) is 0 Å². The Labute approximate surface area is 118 Å². The number of benzene rings is 1. The Balaban J connectivity index is 2.27. The maximum Gasteiger partial charge on any atom is 0.337 e. The number of nitrogen functional groups attached to an aromatic ring is 1. The fourth-order valence-corrected chi connectivity index (χ4v) is 2.86. The van der Waals surface area contributed by atoms with Gasteiger partial charge in [0.05, 0.1) is 11.3 Å². The maximum absolute atomic E-state index is 14.1. The van der Waals surface area contributed by atoms with Gasteiger partial charge in [0, 0.05) is 18.8 Å². The third-order valence-corrected chi connectivity index (χ3v) is 4.26. The largest absolute Gasteiger partial charge is 0.478 e. The number of halogens is 1. The Hall–Kier alpha value is -1.78. The van der Waals surface area contributed by atoms with Crippen LogP contribution in [0.2, 0.25) is 0 Å². The maximum atomic E-state index is 14.1. The lowest BCUT2D eigenvalue weighted by molar-refractivity contribution is 0.0698. The first kappa shape index (κ1) is 14.6. The highest BCUT2D eigenvalue weighted by molar-refractivity contribution is 5.95. The van der Waals surface area contributed by atoms with E-state index in [1.54, 1.807) is 0 Å². The number of carboxylic acid groups (broad SMARTS) is 1. The summed E-state index contributed by atoms with van der Waals surface area (Å²) in [6.45, 7) is 2.22. The summed E-state index contributed by atoms with van der Waals surface area (Å²) in [6.07, 6.45) is 4.25. The fourth-order valence-electron chi connectivity index (χ4n) is 2.86. The molecule has 2 rings (SSSR count). The molecule has 0 spiro atoms. The standard InChI is InChI=1S/C15H21FN2O2/c1-9-3-5-10(6-4-9)18(2)14-7-11(15(19)20)13(17)8-12(14)16/h7-10H,3-6,17H2,1-2H3,(H,19,20). The lowest BCUT2D eigenvalue weighted by Gasteiger charge is -2.35. The van der Waals surface area contributed by atoms with Gasteiger partial charge in [-0.1, -0.05) is 6.92 Å². The second-order valence-electron chi connectivity index (χ2n) is 5.72. The minimum absolute atomic E-state index is 0.0376. The summed E-state index contributed by atoms with van der Waals surface area (Å²) in [5.41, 5.74) is 5.78. The molecule has 0 heterocycles. The van der Waals surface area contributed by atoms with Gasteiger partial charge in [-0.25, -0.2) is 9.18 Å². The number of rotatable bonds is 3. The molecule has 0 bridgehead atoms. The van der Waals surface area contributed by atoms with E-state index in [9.17, 15) is 9.18 Å². The Kier molecular flexibility index (Phi) is 4.16. The van der Waals surface area contributed by atoms with Crippen LogP contribution in [-0.2, 0) is 0 Å². The average molecular weight is 280 g/mol. The van der Waals surface area contributed by atoms with E-state index in [0.29, 0.717) is 11.6 Å². The number of carboxylic acids is 1. The molecular formula is C15H21FN2O2. The first-order valence-electron chi connectivity index (χ1n) is 6.95. The molecule has 0 aliphatic heterocycles. The van der Waals surface area contributed by atoms with Crippen molar-refractivity contribution in [1.82, 2.24) is 0 Å². The molecule has 0 amide bonds. The fraction of sp³-hybridized carbons (Fsp3) is 0.533. The van der Waals surface area contributed by atoms with E-state index in [-0.39, 0.29) is 17.3 Å². The Bertz CT molecular complexity index is 511. The quantitative estimate of drug-likeness (QED) is 0.835. The van der Waals surface area contributed by atoms with E-state index in [0.717, 1.165) is 31.7 Å². The van der Waals surface area contributed by atoms with E-state index in [2.05, 4.69) is 6.92 Å². The molecule has 4 nitrogen and oxygen atoms in total. The van der Waals surface area contributed by atoms with Crippen LogP contribution in [0, 0.1) is 11.7 Å². The molecule has 0 saturated heterocycles. The summed E-state index contributed by atoms with van der Waals surface area (Å²) in [7, 11) is 1.82. The molecule has 0 atom stereocenters. The zero-order chi connectivity index (χ0) is 14.9. The van der Waals surface area contributed by atoms with Crippen molar-refractivity contribution in [3.05, 3.63) is 23.5 Å². The third kappa shape index (κ3) is 2.86. The van der Waals surface area contributed by atoms with Gasteiger partial charge >= 0.3 is 5.97 Å². The van der Waals surface area contributed by atoms with Gasteiger partial charge in [-0.2, -0.15) is 0 Å². The molecule has 0 unspecified atom stereocenters. The van der Waals surface area contributed by atoms with Gasteiger partial charge in [-0.3, -0.25) is 0 Å². The van der Waals surface area contributed by atoms with Crippen LogP contribution in [0.25, 0.3) is 0 Å². The third-order valence-electron chi connectivity index (χ3n) is 4.26. The van der Waals surface area contributed by atoms with Gasteiger partial charge < -0.3 is 15.7 Å². The summed E-state index contributed by atoms with van der Waals surface area (Å²) >= 11 is 0. The van der Waals surface area contributed by atoms with Crippen LogP contribution in [0.15, 0.2) is 12.1 Å². The monoisotopic (exact) mass is 280 g/mol. The highest BCUT2D eigenvalue weighted by Crippen LogP contribution is 2.32. The van der Waals surface area contributed by atoms with Crippen molar-refractivity contribution >= 4 is 17.3 Å². The summed E-state index contributed by atoms with van der Waals surface area (Å²) < 4.78 is 14.1. The minimum Gasteiger partial charge on any atom is -0.478 e. The molecule has 3 N–H and O–H groups in total. The van der Waals surface area contributed by atoms with Crippen molar-refractivity contribution in [3.8, 4) is 0 Å². The molecule has 5 heteroatoms. The predicted octanol–water partition coefficient (Wildman–Crippen LogP) is 3.12. The second kappa shape index (κ2) is 5.69. The number of nitrogens with two attached hydrogens (primary N) is 1. The normalized spacial score (nSPS) is 22.6. The number of nitrogens with zero attached hydrogens (tertiary/aromatic N) is 1. The summed E-state index contributed by atoms with van der Waals surface area (Å²) in [6, 6.07) is 2.69. The number of hydrogen-bond acceptors (Lipinski definition) is 3. The van der Waals surface area contributed by atoms with Crippen molar-refractivity contribution in [2.75, 3.05) is 17.7 Å². The Morgan fingerprint density at radius 1 is 1.35 bits per heavy atom. The highest BCUT2D eigenvalue weighted by atomic mass is 19.1. The van der Waals surface area contributed by atoms with Crippen LogP contribution in [0.4, 0.5) is 15.8 Å². The predicted molar refractivity (Wildman–Crippen MR) is 77.6 cm³/mol. The van der Waals surface area contributed by atoms with Gasteiger partial charge in [-0.05, 0) is 43.7 Å². The Morgan fingerprint density at radius 2 is 1.95 bits per heavy atom. The molecular weight excluding hydrogens is 259 g/mol. The van der Waals surface area contributed by atoms with Gasteiger partial charge in [0.25, 0.3) is 0 Å². The number of carbonyl (C=O) groups is 1. The molecule has 1 aromatic rings. The number of anilines is 2. The molecule has 1 aliphatic rings. The van der Waals surface area contributed by atoms with Gasteiger partial charge in [0.1, 0.15) is 5.82 Å². The van der Waals surface area contributed by atoms with E-state index in [1.807, 2.05) is 11.9 Å². The lowest BCUT2D eigenvalue weighted by Crippen LogP contribution is -2.35. The topological polar surface area (TPSA) is 66.6 Å². The molecule has 1 fully saturated rings. The van der Waals surface area contributed by atoms with E-state index < -0.39 is 11.8 Å². The van der Waals surface area contributed by atoms with Crippen molar-refractivity contribution in [2.45, 2.75) is 38.6 Å².